The van der Waals surface area contributed by atoms with Crippen molar-refractivity contribution in [1.82, 2.24) is 14.6 Å². The zero-order valence-electron chi connectivity index (χ0n) is 10.9. The summed E-state index contributed by atoms with van der Waals surface area (Å²) in [4.78, 5) is 11.3. The van der Waals surface area contributed by atoms with Crippen molar-refractivity contribution >= 4 is 22.5 Å². The van der Waals surface area contributed by atoms with Crippen molar-refractivity contribution in [3.05, 3.63) is 40.7 Å². The van der Waals surface area contributed by atoms with Gasteiger partial charge in [0.2, 0.25) is 5.82 Å². The van der Waals surface area contributed by atoms with Crippen LogP contribution in [0.25, 0.3) is 16.6 Å². The fourth-order valence-corrected chi connectivity index (χ4v) is 2.58. The van der Waals surface area contributed by atoms with Gasteiger partial charge in [0.15, 0.2) is 5.65 Å². The number of pyridine rings is 1. The van der Waals surface area contributed by atoms with Gasteiger partial charge in [0.05, 0.1) is 5.52 Å². The summed E-state index contributed by atoms with van der Waals surface area (Å²) in [6.45, 7) is 6.00. The molecule has 0 aliphatic carbocycles. The summed E-state index contributed by atoms with van der Waals surface area (Å²) in [5, 5.41) is 18.0. The van der Waals surface area contributed by atoms with Crippen molar-refractivity contribution in [2.75, 3.05) is 0 Å². The summed E-state index contributed by atoms with van der Waals surface area (Å²) >= 11 is 0. The first kappa shape index (κ1) is 11.6. The number of rotatable bonds is 1. The molecule has 96 valence electrons. The summed E-state index contributed by atoms with van der Waals surface area (Å²) in [6.07, 6.45) is 0. The molecule has 0 fully saturated rings. The van der Waals surface area contributed by atoms with Gasteiger partial charge in [0, 0.05) is 5.39 Å². The molecule has 2 aromatic heterocycles. The van der Waals surface area contributed by atoms with Crippen LogP contribution < -0.4 is 0 Å². The lowest BCUT2D eigenvalue weighted by Crippen LogP contribution is -2.05. The second kappa shape index (κ2) is 3.78. The highest BCUT2D eigenvalue weighted by Gasteiger charge is 2.17. The molecule has 1 aromatic carbocycles. The summed E-state index contributed by atoms with van der Waals surface area (Å²) in [6, 6.07) is 5.95. The average molecular weight is 255 g/mol. The van der Waals surface area contributed by atoms with Crippen LogP contribution >= 0.6 is 0 Å². The van der Waals surface area contributed by atoms with E-state index in [4.69, 9.17) is 0 Å². The van der Waals surface area contributed by atoms with Gasteiger partial charge in [-0.15, -0.1) is 10.2 Å². The van der Waals surface area contributed by atoms with E-state index in [9.17, 15) is 9.90 Å². The molecule has 0 bridgehead atoms. The lowest BCUT2D eigenvalue weighted by molar-refractivity contribution is 0.0682. The molecule has 2 heterocycles. The second-order valence-corrected chi connectivity index (χ2v) is 4.83. The minimum atomic E-state index is -1.07. The minimum absolute atomic E-state index is 0.0491. The fraction of sp³-hybridized carbons (Fsp3) is 0.214. The van der Waals surface area contributed by atoms with Crippen LogP contribution in [0.2, 0.25) is 0 Å². The SMILES string of the molecule is Cc1cc(C)c2c(c1)c(C)cc1nnc(C(=O)O)n12. The molecule has 5 heteroatoms. The molecular formula is C14H13N3O2. The van der Waals surface area contributed by atoms with Gasteiger partial charge >= 0.3 is 5.97 Å². The smallest absolute Gasteiger partial charge is 0.374 e. The van der Waals surface area contributed by atoms with Crippen LogP contribution in [0.15, 0.2) is 18.2 Å². The number of fused-ring (bicyclic) bond motifs is 3. The maximum absolute atomic E-state index is 11.3. The van der Waals surface area contributed by atoms with E-state index in [-0.39, 0.29) is 5.82 Å². The average Bonchev–Trinajstić information content (AvgIpc) is 2.72. The number of hydrogen-bond donors (Lipinski definition) is 1. The number of carboxylic acids is 1. The third-order valence-corrected chi connectivity index (χ3v) is 3.32. The molecule has 0 amide bonds. The van der Waals surface area contributed by atoms with Crippen molar-refractivity contribution in [2.24, 2.45) is 0 Å². The predicted molar refractivity (Wildman–Crippen MR) is 71.7 cm³/mol. The fourth-order valence-electron chi connectivity index (χ4n) is 2.58. The molecule has 0 saturated carbocycles. The molecular weight excluding hydrogens is 242 g/mol. The Morgan fingerprint density at radius 3 is 2.53 bits per heavy atom. The van der Waals surface area contributed by atoms with Gasteiger partial charge in [0.25, 0.3) is 0 Å². The van der Waals surface area contributed by atoms with Crippen LogP contribution in [-0.2, 0) is 0 Å². The number of carbonyl (C=O) groups is 1. The lowest BCUT2D eigenvalue weighted by Gasteiger charge is -2.10. The molecule has 0 saturated heterocycles. The molecule has 3 aromatic rings. The first-order valence-electron chi connectivity index (χ1n) is 5.98. The molecule has 0 atom stereocenters. The van der Waals surface area contributed by atoms with Gasteiger partial charge in [-0.25, -0.2) is 4.79 Å². The molecule has 5 nitrogen and oxygen atoms in total. The Kier molecular flexibility index (Phi) is 2.32. The monoisotopic (exact) mass is 255 g/mol. The van der Waals surface area contributed by atoms with Crippen LogP contribution in [-0.4, -0.2) is 25.7 Å². The minimum Gasteiger partial charge on any atom is -0.475 e. The third-order valence-electron chi connectivity index (χ3n) is 3.32. The van der Waals surface area contributed by atoms with Crippen molar-refractivity contribution in [2.45, 2.75) is 20.8 Å². The van der Waals surface area contributed by atoms with Gasteiger partial charge in [-0.3, -0.25) is 4.40 Å². The van der Waals surface area contributed by atoms with Crippen molar-refractivity contribution in [1.29, 1.82) is 0 Å². The van der Waals surface area contributed by atoms with E-state index in [0.717, 1.165) is 27.6 Å². The van der Waals surface area contributed by atoms with E-state index >= 15 is 0 Å². The first-order chi connectivity index (χ1) is 8.99. The molecule has 19 heavy (non-hydrogen) atoms. The van der Waals surface area contributed by atoms with E-state index in [1.165, 1.54) is 0 Å². The van der Waals surface area contributed by atoms with Crippen molar-refractivity contribution < 1.29 is 9.90 Å². The molecule has 3 rings (SSSR count). The quantitative estimate of drug-likeness (QED) is 0.725. The summed E-state index contributed by atoms with van der Waals surface area (Å²) < 4.78 is 1.61. The molecule has 0 spiro atoms. The molecule has 1 N–H and O–H groups in total. The highest BCUT2D eigenvalue weighted by molar-refractivity contribution is 5.93. The van der Waals surface area contributed by atoms with Gasteiger partial charge in [0.1, 0.15) is 0 Å². The van der Waals surface area contributed by atoms with E-state index < -0.39 is 5.97 Å². The summed E-state index contributed by atoms with van der Waals surface area (Å²) in [5.41, 5.74) is 4.67. The van der Waals surface area contributed by atoms with Crippen LogP contribution in [0, 0.1) is 20.8 Å². The zero-order chi connectivity index (χ0) is 13.7. The normalized spacial score (nSPS) is 11.3. The number of nitrogens with zero attached hydrogens (tertiary/aromatic N) is 3. The third kappa shape index (κ3) is 1.58. The number of aromatic nitrogens is 3. The number of benzene rings is 1. The van der Waals surface area contributed by atoms with Crippen LogP contribution in [0.5, 0.6) is 0 Å². The predicted octanol–water partition coefficient (Wildman–Crippen LogP) is 2.51. The molecule has 0 aliphatic heterocycles. The standard InChI is InChI=1S/C14H13N3O2/c1-7-4-9(3)12-10(5-7)8(2)6-11-15-16-13(14(18)19)17(11)12/h4-6H,1-3H3,(H,18,19). The van der Waals surface area contributed by atoms with E-state index in [1.54, 1.807) is 4.40 Å². The summed E-state index contributed by atoms with van der Waals surface area (Å²) in [7, 11) is 0. The first-order valence-corrected chi connectivity index (χ1v) is 5.98. The molecule has 0 unspecified atom stereocenters. The number of carboxylic acid groups (broad SMARTS) is 1. The van der Waals surface area contributed by atoms with Gasteiger partial charge in [-0.2, -0.15) is 0 Å². The second-order valence-electron chi connectivity index (χ2n) is 4.83. The highest BCUT2D eigenvalue weighted by atomic mass is 16.4. The van der Waals surface area contributed by atoms with E-state index in [0.29, 0.717) is 5.65 Å². The Balaban J connectivity index is 2.63. The maximum atomic E-state index is 11.3. The van der Waals surface area contributed by atoms with Crippen LogP contribution in [0.1, 0.15) is 27.3 Å². The Morgan fingerprint density at radius 2 is 1.84 bits per heavy atom. The van der Waals surface area contributed by atoms with Gasteiger partial charge < -0.3 is 5.11 Å². The van der Waals surface area contributed by atoms with Crippen molar-refractivity contribution in [3.63, 3.8) is 0 Å². The Hall–Kier alpha value is -2.43. The Labute approximate surface area is 109 Å². The maximum Gasteiger partial charge on any atom is 0.374 e. The number of aromatic carboxylic acids is 1. The zero-order valence-corrected chi connectivity index (χ0v) is 10.9. The van der Waals surface area contributed by atoms with E-state index in [2.05, 4.69) is 16.3 Å². The largest absolute Gasteiger partial charge is 0.475 e. The number of hydrogen-bond acceptors (Lipinski definition) is 3. The van der Waals surface area contributed by atoms with Gasteiger partial charge in [-0.1, -0.05) is 11.6 Å². The van der Waals surface area contributed by atoms with Crippen LogP contribution in [0.3, 0.4) is 0 Å². The lowest BCUT2D eigenvalue weighted by atomic mass is 10.0. The van der Waals surface area contributed by atoms with E-state index in [1.807, 2.05) is 32.9 Å². The van der Waals surface area contributed by atoms with Gasteiger partial charge in [-0.05, 0) is 44.0 Å². The van der Waals surface area contributed by atoms with Crippen molar-refractivity contribution in [3.8, 4) is 0 Å². The van der Waals surface area contributed by atoms with Crippen LogP contribution in [0.4, 0.5) is 0 Å². The molecule has 0 aliphatic rings. The topological polar surface area (TPSA) is 67.5 Å². The highest BCUT2D eigenvalue weighted by Crippen LogP contribution is 2.26. The molecule has 0 radical (unpaired) electrons. The Morgan fingerprint density at radius 1 is 1.11 bits per heavy atom. The number of aryl methyl sites for hydroxylation is 3. The summed E-state index contributed by atoms with van der Waals surface area (Å²) in [5.74, 6) is -1.12. The Bertz CT molecular complexity index is 834.